The number of anilines is 2. The van der Waals surface area contributed by atoms with Crippen molar-refractivity contribution in [3.8, 4) is 0 Å². The number of carbonyl (C=O) groups excluding carboxylic acids is 4. The van der Waals surface area contributed by atoms with Crippen molar-refractivity contribution in [2.45, 2.75) is 38.3 Å². The predicted octanol–water partition coefficient (Wildman–Crippen LogP) is 3.26. The maximum atomic E-state index is 14.0. The highest BCUT2D eigenvalue weighted by Gasteiger charge is 2.74. The lowest BCUT2D eigenvalue weighted by Crippen LogP contribution is -2.54. The van der Waals surface area contributed by atoms with Gasteiger partial charge >= 0.3 is 5.97 Å². The average Bonchev–Trinajstić information content (AvgIpc) is 3.55. The van der Waals surface area contributed by atoms with Crippen molar-refractivity contribution in [1.29, 1.82) is 0 Å². The van der Waals surface area contributed by atoms with Gasteiger partial charge in [0.2, 0.25) is 17.7 Å². The summed E-state index contributed by atoms with van der Waals surface area (Å²) in [6.07, 6.45) is 1.59. The Bertz CT molecular complexity index is 1310. The van der Waals surface area contributed by atoms with Crippen molar-refractivity contribution in [1.82, 2.24) is 4.90 Å². The van der Waals surface area contributed by atoms with E-state index in [0.29, 0.717) is 34.1 Å². The van der Waals surface area contributed by atoms with Gasteiger partial charge < -0.3 is 10.1 Å². The smallest absolute Gasteiger partial charge is 0.338 e. The number of benzene rings is 2. The molecule has 4 aliphatic heterocycles. The number of nitrogens with zero attached hydrogens (tertiary/aromatic N) is 2. The molecule has 3 fully saturated rings. The predicted molar refractivity (Wildman–Crippen MR) is 128 cm³/mol. The van der Waals surface area contributed by atoms with E-state index in [0.717, 1.165) is 18.4 Å². The average molecular weight is 494 g/mol. The second kappa shape index (κ2) is 7.63. The molecule has 1 N–H and O–H groups in total. The number of rotatable bonds is 3. The van der Waals surface area contributed by atoms with Gasteiger partial charge in [-0.1, -0.05) is 17.7 Å². The molecule has 2 aromatic carbocycles. The summed E-state index contributed by atoms with van der Waals surface area (Å²) >= 11 is 6.34. The molecule has 0 saturated carbocycles. The zero-order valence-corrected chi connectivity index (χ0v) is 20.1. The van der Waals surface area contributed by atoms with E-state index < -0.39 is 29.3 Å². The number of carbonyl (C=O) groups is 4. The Morgan fingerprint density at radius 3 is 2.60 bits per heavy atom. The summed E-state index contributed by atoms with van der Waals surface area (Å²) in [5, 5.41) is 3.52. The first-order chi connectivity index (χ1) is 16.8. The first kappa shape index (κ1) is 22.2. The number of amides is 3. The van der Waals surface area contributed by atoms with Gasteiger partial charge in [0, 0.05) is 16.6 Å². The van der Waals surface area contributed by atoms with Gasteiger partial charge in [-0.25, -0.2) is 9.69 Å². The third-order valence-corrected chi connectivity index (χ3v) is 8.41. The minimum Gasteiger partial charge on any atom is -0.462 e. The molecule has 2 aromatic rings. The molecule has 180 valence electrons. The van der Waals surface area contributed by atoms with Crippen molar-refractivity contribution in [3.63, 3.8) is 0 Å². The van der Waals surface area contributed by atoms with Gasteiger partial charge in [0.25, 0.3) is 0 Å². The van der Waals surface area contributed by atoms with Crippen LogP contribution in [-0.2, 0) is 24.7 Å². The SMILES string of the molecule is CCOC(=O)c1ccc(N2C(=O)[C@H]3[C@H]4CCCN4[C@]4(C(=O)Nc5c4ccc(Cl)c5C)[C@@H]3C2=O)cc1. The Morgan fingerprint density at radius 2 is 1.89 bits per heavy atom. The number of fused-ring (bicyclic) bond motifs is 7. The lowest BCUT2D eigenvalue weighted by atomic mass is 9.75. The number of esters is 1. The lowest BCUT2D eigenvalue weighted by molar-refractivity contribution is -0.135. The fraction of sp³-hybridized carbons (Fsp3) is 0.385. The Kier molecular flexibility index (Phi) is 4.85. The lowest BCUT2D eigenvalue weighted by Gasteiger charge is -2.36. The van der Waals surface area contributed by atoms with Crippen LogP contribution >= 0.6 is 11.6 Å². The van der Waals surface area contributed by atoms with E-state index >= 15 is 0 Å². The monoisotopic (exact) mass is 493 g/mol. The molecule has 0 bridgehead atoms. The van der Waals surface area contributed by atoms with Crippen LogP contribution in [0.2, 0.25) is 5.02 Å². The van der Waals surface area contributed by atoms with E-state index in [4.69, 9.17) is 16.3 Å². The summed E-state index contributed by atoms with van der Waals surface area (Å²) in [5.74, 6) is -2.91. The second-order valence-electron chi connectivity index (χ2n) is 9.50. The van der Waals surface area contributed by atoms with E-state index in [2.05, 4.69) is 10.2 Å². The Balaban J connectivity index is 1.46. The molecule has 3 saturated heterocycles. The molecule has 4 atom stereocenters. The number of ether oxygens (including phenoxy) is 1. The van der Waals surface area contributed by atoms with Gasteiger partial charge in [0.05, 0.1) is 35.4 Å². The van der Waals surface area contributed by atoms with Crippen LogP contribution in [-0.4, -0.2) is 47.8 Å². The molecule has 0 radical (unpaired) electrons. The third kappa shape index (κ3) is 2.72. The molecular formula is C26H24ClN3O5. The number of imide groups is 1. The Labute approximate surface area is 207 Å². The van der Waals surface area contributed by atoms with E-state index in [-0.39, 0.29) is 24.5 Å². The number of nitrogens with one attached hydrogen (secondary N) is 1. The quantitative estimate of drug-likeness (QED) is 0.521. The molecule has 0 aliphatic carbocycles. The van der Waals surface area contributed by atoms with Crippen molar-refractivity contribution >= 4 is 46.7 Å². The van der Waals surface area contributed by atoms with Crippen molar-refractivity contribution < 1.29 is 23.9 Å². The molecule has 35 heavy (non-hydrogen) atoms. The van der Waals surface area contributed by atoms with Gasteiger partial charge in [0.15, 0.2) is 0 Å². The van der Waals surface area contributed by atoms with Gasteiger partial charge in [-0.3, -0.25) is 19.3 Å². The van der Waals surface area contributed by atoms with Crippen LogP contribution in [0.15, 0.2) is 36.4 Å². The summed E-state index contributed by atoms with van der Waals surface area (Å²) in [6.45, 7) is 4.46. The molecule has 9 heteroatoms. The first-order valence-electron chi connectivity index (χ1n) is 11.8. The van der Waals surface area contributed by atoms with Gasteiger partial charge in [-0.15, -0.1) is 0 Å². The van der Waals surface area contributed by atoms with E-state index in [1.165, 1.54) is 4.90 Å². The fourth-order valence-electron chi connectivity index (χ4n) is 6.61. The maximum Gasteiger partial charge on any atom is 0.338 e. The van der Waals surface area contributed by atoms with Crippen LogP contribution in [0.1, 0.15) is 41.3 Å². The van der Waals surface area contributed by atoms with E-state index in [9.17, 15) is 19.2 Å². The van der Waals surface area contributed by atoms with Crippen LogP contribution in [0.4, 0.5) is 11.4 Å². The zero-order valence-electron chi connectivity index (χ0n) is 19.3. The Morgan fingerprint density at radius 1 is 1.14 bits per heavy atom. The van der Waals surface area contributed by atoms with Gasteiger partial charge in [-0.05, 0) is 69.1 Å². The molecule has 3 amide bonds. The highest BCUT2D eigenvalue weighted by atomic mass is 35.5. The standard InChI is InChI=1S/C26H24ClN3O5/c1-3-35-24(33)14-6-8-15(9-7-14)30-22(31)19-18-5-4-12-29(18)26(20(19)23(30)32)16-10-11-17(27)13(2)21(16)28-25(26)34/h6-11,18-20H,3-5,12H2,1-2H3,(H,28,34)/t18-,19+,20+,26+/m1/s1. The molecule has 1 spiro atoms. The minimum absolute atomic E-state index is 0.201. The summed E-state index contributed by atoms with van der Waals surface area (Å²) in [6, 6.07) is 9.61. The molecule has 6 rings (SSSR count). The highest BCUT2D eigenvalue weighted by molar-refractivity contribution is 6.32. The topological polar surface area (TPSA) is 96.0 Å². The van der Waals surface area contributed by atoms with Gasteiger partial charge in [-0.2, -0.15) is 0 Å². The molecular weight excluding hydrogens is 470 g/mol. The van der Waals surface area contributed by atoms with Gasteiger partial charge in [0.1, 0.15) is 5.54 Å². The fourth-order valence-corrected chi connectivity index (χ4v) is 6.76. The minimum atomic E-state index is -1.25. The highest BCUT2D eigenvalue weighted by Crippen LogP contribution is 2.61. The van der Waals surface area contributed by atoms with E-state index in [1.807, 2.05) is 13.0 Å². The molecule has 4 heterocycles. The van der Waals surface area contributed by atoms with E-state index in [1.54, 1.807) is 37.3 Å². The molecule has 4 aliphatic rings. The van der Waals surface area contributed by atoms with Crippen LogP contribution in [0, 0.1) is 18.8 Å². The zero-order chi connectivity index (χ0) is 24.6. The Hall–Kier alpha value is -3.23. The van der Waals surface area contributed by atoms with Crippen LogP contribution < -0.4 is 10.2 Å². The summed E-state index contributed by atoms with van der Waals surface area (Å²) in [5.41, 5.74) is 1.56. The van der Waals surface area contributed by atoms with Crippen molar-refractivity contribution in [3.05, 3.63) is 58.1 Å². The maximum absolute atomic E-state index is 14.0. The second-order valence-corrected chi connectivity index (χ2v) is 9.91. The van der Waals surface area contributed by atoms with Crippen molar-refractivity contribution in [2.75, 3.05) is 23.4 Å². The largest absolute Gasteiger partial charge is 0.462 e. The first-order valence-corrected chi connectivity index (χ1v) is 12.2. The summed E-state index contributed by atoms with van der Waals surface area (Å²) in [4.78, 5) is 56.8. The van der Waals surface area contributed by atoms with Crippen molar-refractivity contribution in [2.24, 2.45) is 11.8 Å². The molecule has 0 aromatic heterocycles. The number of hydrogen-bond acceptors (Lipinski definition) is 6. The number of hydrogen-bond donors (Lipinski definition) is 1. The normalized spacial score (nSPS) is 28.9. The summed E-state index contributed by atoms with van der Waals surface area (Å²) < 4.78 is 5.02. The van der Waals surface area contributed by atoms with Crippen LogP contribution in [0.5, 0.6) is 0 Å². The van der Waals surface area contributed by atoms with Crippen LogP contribution in [0.25, 0.3) is 0 Å². The summed E-state index contributed by atoms with van der Waals surface area (Å²) in [7, 11) is 0. The third-order valence-electron chi connectivity index (χ3n) is 8.00. The molecule has 0 unspecified atom stereocenters. The van der Waals surface area contributed by atoms with Crippen LogP contribution in [0.3, 0.4) is 0 Å². The number of halogens is 1. The molecule has 8 nitrogen and oxygen atoms in total.